The van der Waals surface area contributed by atoms with E-state index in [0.717, 1.165) is 11.3 Å². The summed E-state index contributed by atoms with van der Waals surface area (Å²) in [6, 6.07) is 19.1. The van der Waals surface area contributed by atoms with Crippen molar-refractivity contribution in [1.82, 2.24) is 20.1 Å². The van der Waals surface area contributed by atoms with Gasteiger partial charge in [0.25, 0.3) is 11.8 Å². The van der Waals surface area contributed by atoms with Crippen LogP contribution < -0.4 is 15.4 Å². The molecule has 0 saturated carbocycles. The van der Waals surface area contributed by atoms with Crippen molar-refractivity contribution in [3.8, 4) is 11.6 Å². The number of nitrogens with zero attached hydrogens (tertiary/aromatic N) is 3. The predicted octanol–water partition coefficient (Wildman–Crippen LogP) is 3.04. The highest BCUT2D eigenvalue weighted by Gasteiger charge is 2.15. The number of para-hydroxylation sites is 1. The molecule has 188 valence electrons. The Hall–Kier alpha value is -4.99. The highest BCUT2D eigenvalue weighted by molar-refractivity contribution is 6.04. The number of pyridine rings is 1. The molecule has 0 aliphatic rings. The largest absolute Gasteiger partial charge is 0.497 e. The summed E-state index contributed by atoms with van der Waals surface area (Å²) < 4.78 is 11.8. The number of nitrogens with one attached hydrogen (secondary N) is 2. The van der Waals surface area contributed by atoms with Gasteiger partial charge >= 0.3 is 5.97 Å². The number of rotatable bonds is 10. The lowest BCUT2D eigenvalue weighted by molar-refractivity contribution is -0.119. The predicted molar refractivity (Wildman–Crippen MR) is 136 cm³/mol. The molecular weight excluding hydrogens is 474 g/mol. The van der Waals surface area contributed by atoms with Crippen molar-refractivity contribution >= 4 is 23.5 Å². The summed E-state index contributed by atoms with van der Waals surface area (Å²) >= 11 is 0. The standard InChI is InChI=1S/C27H25N5O5/c1-36-21-10-7-19(8-11-21)13-15-28-26(34)22-5-2-3-6-23(22)31-25(33)18-37-27(35)20-9-12-24(29-17-20)32-16-4-14-30-32/h2-12,14,16-17H,13,15,18H2,1H3,(H,28,34)(H,31,33). The van der Waals surface area contributed by atoms with Gasteiger partial charge in [-0.25, -0.2) is 14.5 Å². The third-order valence-corrected chi connectivity index (χ3v) is 5.36. The van der Waals surface area contributed by atoms with Crippen molar-refractivity contribution in [3.63, 3.8) is 0 Å². The number of anilines is 1. The number of aromatic nitrogens is 3. The molecule has 10 heteroatoms. The Morgan fingerprint density at radius 3 is 2.49 bits per heavy atom. The molecule has 0 atom stereocenters. The molecule has 4 aromatic rings. The van der Waals surface area contributed by atoms with Crippen LogP contribution in [0.15, 0.2) is 85.3 Å². The average Bonchev–Trinajstić information content (AvgIpc) is 3.48. The molecule has 37 heavy (non-hydrogen) atoms. The number of carbonyl (C=O) groups is 3. The lowest BCUT2D eigenvalue weighted by atomic mass is 10.1. The van der Waals surface area contributed by atoms with Gasteiger partial charge in [0.05, 0.1) is 23.9 Å². The minimum atomic E-state index is -0.695. The van der Waals surface area contributed by atoms with Gasteiger partial charge in [0.1, 0.15) is 5.75 Å². The van der Waals surface area contributed by atoms with Crippen LogP contribution in [0.2, 0.25) is 0 Å². The van der Waals surface area contributed by atoms with Gasteiger partial charge in [-0.15, -0.1) is 0 Å². The van der Waals surface area contributed by atoms with Gasteiger partial charge < -0.3 is 20.1 Å². The maximum atomic E-state index is 12.7. The number of methoxy groups -OCH3 is 1. The van der Waals surface area contributed by atoms with Crippen LogP contribution >= 0.6 is 0 Å². The Morgan fingerprint density at radius 1 is 0.973 bits per heavy atom. The summed E-state index contributed by atoms with van der Waals surface area (Å²) in [7, 11) is 1.61. The van der Waals surface area contributed by atoms with E-state index in [2.05, 4.69) is 20.7 Å². The lowest BCUT2D eigenvalue weighted by Crippen LogP contribution is -2.28. The molecule has 0 radical (unpaired) electrons. The molecule has 10 nitrogen and oxygen atoms in total. The second kappa shape index (κ2) is 12.1. The Bertz CT molecular complexity index is 1350. The van der Waals surface area contributed by atoms with Gasteiger partial charge in [0, 0.05) is 25.1 Å². The van der Waals surface area contributed by atoms with E-state index in [4.69, 9.17) is 9.47 Å². The van der Waals surface area contributed by atoms with Gasteiger partial charge in [-0.2, -0.15) is 5.10 Å². The van der Waals surface area contributed by atoms with E-state index in [1.165, 1.54) is 12.3 Å². The highest BCUT2D eigenvalue weighted by Crippen LogP contribution is 2.16. The van der Waals surface area contributed by atoms with Crippen molar-refractivity contribution < 1.29 is 23.9 Å². The number of ether oxygens (including phenoxy) is 2. The van der Waals surface area contributed by atoms with E-state index in [1.54, 1.807) is 60.6 Å². The molecule has 0 unspecified atom stereocenters. The monoisotopic (exact) mass is 499 g/mol. The van der Waals surface area contributed by atoms with Crippen molar-refractivity contribution in [3.05, 3.63) is 102 Å². The van der Waals surface area contributed by atoms with Gasteiger partial charge in [-0.3, -0.25) is 9.59 Å². The average molecular weight is 500 g/mol. The van der Waals surface area contributed by atoms with Gasteiger partial charge in [0.15, 0.2) is 12.4 Å². The van der Waals surface area contributed by atoms with Gasteiger partial charge in [-0.05, 0) is 54.4 Å². The summed E-state index contributed by atoms with van der Waals surface area (Å²) in [4.78, 5) is 41.6. The quantitative estimate of drug-likeness (QED) is 0.321. The number of hydrogen-bond donors (Lipinski definition) is 2. The Kier molecular flexibility index (Phi) is 8.22. The first-order chi connectivity index (χ1) is 18.0. The highest BCUT2D eigenvalue weighted by atomic mass is 16.5. The summed E-state index contributed by atoms with van der Waals surface area (Å²) in [5.41, 5.74) is 1.86. The van der Waals surface area contributed by atoms with Crippen LogP contribution in [0.25, 0.3) is 5.82 Å². The molecule has 2 amide bonds. The fourth-order valence-electron chi connectivity index (χ4n) is 3.45. The van der Waals surface area contributed by atoms with E-state index in [0.29, 0.717) is 30.0 Å². The smallest absolute Gasteiger partial charge is 0.340 e. The second-order valence-electron chi connectivity index (χ2n) is 7.88. The fraction of sp³-hybridized carbons (Fsp3) is 0.148. The van der Waals surface area contributed by atoms with Crippen LogP contribution in [0.3, 0.4) is 0 Å². The van der Waals surface area contributed by atoms with E-state index < -0.39 is 18.5 Å². The summed E-state index contributed by atoms with van der Waals surface area (Å²) in [5.74, 6) is -0.293. The fourth-order valence-corrected chi connectivity index (χ4v) is 3.45. The van der Waals surface area contributed by atoms with Crippen molar-refractivity contribution in [2.45, 2.75) is 6.42 Å². The molecule has 2 N–H and O–H groups in total. The zero-order chi connectivity index (χ0) is 26.0. The van der Waals surface area contributed by atoms with Crippen LogP contribution in [0.5, 0.6) is 5.75 Å². The molecule has 0 aliphatic heterocycles. The molecule has 4 rings (SSSR count). The minimum Gasteiger partial charge on any atom is -0.497 e. The van der Waals surface area contributed by atoms with Gasteiger partial charge in [-0.1, -0.05) is 24.3 Å². The molecule has 0 bridgehead atoms. The molecule has 0 fully saturated rings. The normalized spacial score (nSPS) is 10.4. The van der Waals surface area contributed by atoms with E-state index in [-0.39, 0.29) is 11.5 Å². The number of hydrogen-bond acceptors (Lipinski definition) is 7. The second-order valence-corrected chi connectivity index (χ2v) is 7.88. The van der Waals surface area contributed by atoms with Crippen molar-refractivity contribution in [2.75, 3.05) is 25.6 Å². The van der Waals surface area contributed by atoms with E-state index >= 15 is 0 Å². The van der Waals surface area contributed by atoms with E-state index in [1.807, 2.05) is 24.3 Å². The Balaban J connectivity index is 1.27. The van der Waals surface area contributed by atoms with Crippen LogP contribution in [0.4, 0.5) is 5.69 Å². The number of benzene rings is 2. The first kappa shape index (κ1) is 25.1. The first-order valence-electron chi connectivity index (χ1n) is 11.5. The van der Waals surface area contributed by atoms with E-state index in [9.17, 15) is 14.4 Å². The third kappa shape index (κ3) is 6.79. The number of esters is 1. The molecule has 2 heterocycles. The van der Waals surface area contributed by atoms with Crippen molar-refractivity contribution in [1.29, 1.82) is 0 Å². The summed E-state index contributed by atoms with van der Waals surface area (Å²) in [5, 5.41) is 9.55. The maximum Gasteiger partial charge on any atom is 0.340 e. The SMILES string of the molecule is COc1ccc(CCNC(=O)c2ccccc2NC(=O)COC(=O)c2ccc(-n3cccn3)nc2)cc1. The minimum absolute atomic E-state index is 0.195. The zero-order valence-corrected chi connectivity index (χ0v) is 20.1. The molecule has 2 aromatic carbocycles. The number of amides is 2. The van der Waals surface area contributed by atoms with Crippen LogP contribution in [0, 0.1) is 0 Å². The number of carbonyl (C=O) groups excluding carboxylic acids is 3. The van der Waals surface area contributed by atoms with Crippen LogP contribution in [-0.4, -0.2) is 52.8 Å². The van der Waals surface area contributed by atoms with Crippen molar-refractivity contribution in [2.24, 2.45) is 0 Å². The third-order valence-electron chi connectivity index (χ3n) is 5.36. The zero-order valence-electron chi connectivity index (χ0n) is 20.1. The molecule has 0 aliphatic carbocycles. The Morgan fingerprint density at radius 2 is 1.78 bits per heavy atom. The topological polar surface area (TPSA) is 124 Å². The van der Waals surface area contributed by atoms with Gasteiger partial charge in [0.2, 0.25) is 0 Å². The molecule has 2 aromatic heterocycles. The first-order valence-corrected chi connectivity index (χ1v) is 11.5. The maximum absolute atomic E-state index is 12.7. The molecule has 0 saturated heterocycles. The Labute approximate surface area is 213 Å². The van der Waals surface area contributed by atoms with Crippen LogP contribution in [-0.2, 0) is 16.0 Å². The molecule has 0 spiro atoms. The summed E-state index contributed by atoms with van der Waals surface area (Å²) in [6.45, 7) is -0.106. The summed E-state index contributed by atoms with van der Waals surface area (Å²) in [6.07, 6.45) is 5.33. The molecular formula is C27H25N5O5. The lowest BCUT2D eigenvalue weighted by Gasteiger charge is -2.12. The van der Waals surface area contributed by atoms with Crippen LogP contribution in [0.1, 0.15) is 26.3 Å².